The zero-order valence-corrected chi connectivity index (χ0v) is 9.17. The Bertz CT molecular complexity index is 278. The summed E-state index contributed by atoms with van der Waals surface area (Å²) in [5.74, 6) is 1.10. The van der Waals surface area contributed by atoms with Crippen LogP contribution in [0.1, 0.15) is 19.8 Å². The Balaban J connectivity index is 2.59. The zero-order chi connectivity index (χ0) is 9.68. The van der Waals surface area contributed by atoms with Crippen LogP contribution in [-0.2, 0) is 0 Å². The number of rotatable bonds is 4. The van der Waals surface area contributed by atoms with Gasteiger partial charge in [0.1, 0.15) is 0 Å². The second-order valence-corrected chi connectivity index (χ2v) is 3.65. The molecule has 0 saturated heterocycles. The van der Waals surface area contributed by atoms with Crippen LogP contribution in [0.5, 0.6) is 5.75 Å². The van der Waals surface area contributed by atoms with E-state index in [1.54, 1.807) is 6.20 Å². The highest BCUT2D eigenvalue weighted by molar-refractivity contribution is 9.10. The maximum absolute atomic E-state index is 5.61. The van der Waals surface area contributed by atoms with Crippen LogP contribution in [0.3, 0.4) is 0 Å². The van der Waals surface area contributed by atoms with E-state index in [-0.39, 0.29) is 0 Å². The molecule has 13 heavy (non-hydrogen) atoms. The molecule has 0 unspecified atom stereocenters. The molecule has 0 aliphatic heterocycles. The van der Waals surface area contributed by atoms with E-state index in [4.69, 9.17) is 10.5 Å². The van der Waals surface area contributed by atoms with E-state index < -0.39 is 0 Å². The Labute approximate surface area is 86.4 Å². The molecule has 0 aliphatic rings. The first-order valence-electron chi connectivity index (χ1n) is 4.28. The van der Waals surface area contributed by atoms with Crippen molar-refractivity contribution in [2.24, 2.45) is 0 Å². The van der Waals surface area contributed by atoms with Gasteiger partial charge in [0.25, 0.3) is 0 Å². The Morgan fingerprint density at radius 2 is 2.38 bits per heavy atom. The molecule has 1 aromatic heterocycles. The lowest BCUT2D eigenvalue weighted by Crippen LogP contribution is -2.01. The fourth-order valence-electron chi connectivity index (χ4n) is 0.873. The van der Waals surface area contributed by atoms with Crippen molar-refractivity contribution in [3.63, 3.8) is 0 Å². The van der Waals surface area contributed by atoms with Crippen LogP contribution in [0.4, 0.5) is 5.82 Å². The number of anilines is 1. The summed E-state index contributed by atoms with van der Waals surface area (Å²) in [6.45, 7) is 2.81. The Morgan fingerprint density at radius 1 is 1.62 bits per heavy atom. The van der Waals surface area contributed by atoms with Crippen LogP contribution < -0.4 is 10.5 Å². The lowest BCUT2D eigenvalue weighted by Gasteiger charge is -2.07. The standard InChI is InChI=1S/C9H13BrN2O/c1-2-3-4-13-8-5-7(10)6-12-9(8)11/h5-6H,2-4H2,1H3,(H2,11,12). The number of nitrogens with zero attached hydrogens (tertiary/aromatic N) is 1. The summed E-state index contributed by atoms with van der Waals surface area (Å²) in [6, 6.07) is 1.83. The minimum absolute atomic E-state index is 0.444. The van der Waals surface area contributed by atoms with Gasteiger partial charge >= 0.3 is 0 Å². The predicted octanol–water partition coefficient (Wildman–Crippen LogP) is 2.61. The molecular formula is C9H13BrN2O. The molecule has 4 heteroatoms. The molecule has 0 amide bonds. The molecule has 0 atom stereocenters. The first-order valence-corrected chi connectivity index (χ1v) is 5.07. The quantitative estimate of drug-likeness (QED) is 0.829. The van der Waals surface area contributed by atoms with Crippen LogP contribution in [0.2, 0.25) is 0 Å². The second-order valence-electron chi connectivity index (χ2n) is 2.74. The Kier molecular flexibility index (Phi) is 4.02. The van der Waals surface area contributed by atoms with Crippen LogP contribution in [0.15, 0.2) is 16.7 Å². The molecule has 0 bridgehead atoms. The normalized spacial score (nSPS) is 10.0. The third kappa shape index (κ3) is 3.22. The average Bonchev–Trinajstić information content (AvgIpc) is 2.11. The summed E-state index contributed by atoms with van der Waals surface area (Å²) in [7, 11) is 0. The molecule has 1 rings (SSSR count). The van der Waals surface area contributed by atoms with Crippen molar-refractivity contribution in [2.45, 2.75) is 19.8 Å². The molecular weight excluding hydrogens is 232 g/mol. The van der Waals surface area contributed by atoms with Gasteiger partial charge in [0.05, 0.1) is 6.61 Å². The summed E-state index contributed by atoms with van der Waals surface area (Å²) in [5.41, 5.74) is 5.61. The van der Waals surface area contributed by atoms with Gasteiger partial charge in [0, 0.05) is 10.7 Å². The van der Waals surface area contributed by atoms with Gasteiger partial charge in [-0.15, -0.1) is 0 Å². The number of aromatic nitrogens is 1. The fourth-order valence-corrected chi connectivity index (χ4v) is 1.18. The van der Waals surface area contributed by atoms with E-state index in [1.165, 1.54) is 0 Å². The van der Waals surface area contributed by atoms with E-state index in [9.17, 15) is 0 Å². The van der Waals surface area contributed by atoms with Gasteiger partial charge in [-0.05, 0) is 28.4 Å². The lowest BCUT2D eigenvalue weighted by molar-refractivity contribution is 0.310. The Morgan fingerprint density at radius 3 is 3.08 bits per heavy atom. The first kappa shape index (κ1) is 10.3. The molecule has 0 fully saturated rings. The van der Waals surface area contributed by atoms with Crippen molar-refractivity contribution in [3.05, 3.63) is 16.7 Å². The third-order valence-corrected chi connectivity index (χ3v) is 2.04. The molecule has 72 valence electrons. The van der Waals surface area contributed by atoms with Gasteiger partial charge in [-0.2, -0.15) is 0 Å². The number of nitrogens with two attached hydrogens (primary N) is 1. The largest absolute Gasteiger partial charge is 0.490 e. The van der Waals surface area contributed by atoms with E-state index in [0.29, 0.717) is 18.2 Å². The highest BCUT2D eigenvalue weighted by Crippen LogP contribution is 2.22. The van der Waals surface area contributed by atoms with Gasteiger partial charge < -0.3 is 10.5 Å². The number of hydrogen-bond donors (Lipinski definition) is 1. The van der Waals surface area contributed by atoms with E-state index in [2.05, 4.69) is 27.8 Å². The fraction of sp³-hybridized carbons (Fsp3) is 0.444. The molecule has 0 radical (unpaired) electrons. The topological polar surface area (TPSA) is 48.1 Å². The smallest absolute Gasteiger partial charge is 0.166 e. The second kappa shape index (κ2) is 5.07. The number of nitrogen functional groups attached to an aromatic ring is 1. The van der Waals surface area contributed by atoms with Crippen LogP contribution in [0.25, 0.3) is 0 Å². The Hall–Kier alpha value is -0.770. The van der Waals surface area contributed by atoms with E-state index in [1.807, 2.05) is 6.07 Å². The minimum atomic E-state index is 0.444. The average molecular weight is 245 g/mol. The number of unbranched alkanes of at least 4 members (excludes halogenated alkanes) is 1. The van der Waals surface area contributed by atoms with Gasteiger partial charge in [-0.25, -0.2) is 4.98 Å². The summed E-state index contributed by atoms with van der Waals surface area (Å²) < 4.78 is 6.32. The summed E-state index contributed by atoms with van der Waals surface area (Å²) in [4.78, 5) is 3.96. The summed E-state index contributed by atoms with van der Waals surface area (Å²) in [5, 5.41) is 0. The number of hydrogen-bond acceptors (Lipinski definition) is 3. The monoisotopic (exact) mass is 244 g/mol. The zero-order valence-electron chi connectivity index (χ0n) is 7.59. The van der Waals surface area contributed by atoms with Crippen molar-refractivity contribution in [2.75, 3.05) is 12.3 Å². The molecule has 1 heterocycles. The van der Waals surface area contributed by atoms with Crippen molar-refractivity contribution in [1.29, 1.82) is 0 Å². The van der Waals surface area contributed by atoms with Crippen LogP contribution in [0, 0.1) is 0 Å². The molecule has 0 aromatic carbocycles. The number of ether oxygens (including phenoxy) is 1. The number of pyridine rings is 1. The maximum Gasteiger partial charge on any atom is 0.166 e. The van der Waals surface area contributed by atoms with Crippen molar-refractivity contribution >= 4 is 21.7 Å². The molecule has 0 spiro atoms. The maximum atomic E-state index is 5.61. The van der Waals surface area contributed by atoms with Crippen molar-refractivity contribution < 1.29 is 4.74 Å². The first-order chi connectivity index (χ1) is 6.24. The van der Waals surface area contributed by atoms with Gasteiger partial charge in [0.2, 0.25) is 0 Å². The van der Waals surface area contributed by atoms with Crippen molar-refractivity contribution in [3.8, 4) is 5.75 Å². The molecule has 1 aromatic rings. The third-order valence-electron chi connectivity index (χ3n) is 1.60. The molecule has 0 saturated carbocycles. The van der Waals surface area contributed by atoms with Crippen LogP contribution >= 0.6 is 15.9 Å². The molecule has 2 N–H and O–H groups in total. The minimum Gasteiger partial charge on any atom is -0.490 e. The van der Waals surface area contributed by atoms with Gasteiger partial charge in [-0.1, -0.05) is 13.3 Å². The summed E-state index contributed by atoms with van der Waals surface area (Å²) in [6.07, 6.45) is 3.80. The molecule has 0 aliphatic carbocycles. The van der Waals surface area contributed by atoms with Crippen molar-refractivity contribution in [1.82, 2.24) is 4.98 Å². The van der Waals surface area contributed by atoms with Gasteiger partial charge in [-0.3, -0.25) is 0 Å². The highest BCUT2D eigenvalue weighted by atomic mass is 79.9. The lowest BCUT2D eigenvalue weighted by atomic mass is 10.3. The SMILES string of the molecule is CCCCOc1cc(Br)cnc1N. The predicted molar refractivity (Wildman–Crippen MR) is 56.8 cm³/mol. The van der Waals surface area contributed by atoms with Gasteiger partial charge in [0.15, 0.2) is 11.6 Å². The number of halogens is 1. The highest BCUT2D eigenvalue weighted by Gasteiger charge is 2.01. The molecule has 3 nitrogen and oxygen atoms in total. The van der Waals surface area contributed by atoms with Crippen LogP contribution in [-0.4, -0.2) is 11.6 Å². The summed E-state index contributed by atoms with van der Waals surface area (Å²) >= 11 is 3.31. The van der Waals surface area contributed by atoms with E-state index in [0.717, 1.165) is 17.3 Å². The van der Waals surface area contributed by atoms with E-state index >= 15 is 0 Å².